The molecule has 0 aromatic carbocycles. The van der Waals surface area contributed by atoms with Gasteiger partial charge in [0.05, 0.1) is 18.7 Å². The fourth-order valence-electron chi connectivity index (χ4n) is 2.16. The highest BCUT2D eigenvalue weighted by Crippen LogP contribution is 2.30. The largest absolute Gasteiger partial charge is 0.450 e. The van der Waals surface area contributed by atoms with Crippen molar-refractivity contribution in [2.45, 2.75) is 38.3 Å². The molecule has 72 valence electrons. The standard InChI is InChI=1S/C10H15NO2/c1-2-13-10(12)11-8-4-3-5-9(11)7-6-8/h6-9H,2-5H2,1H3. The summed E-state index contributed by atoms with van der Waals surface area (Å²) in [5, 5.41) is 0. The lowest BCUT2D eigenvalue weighted by Crippen LogP contribution is -2.45. The van der Waals surface area contributed by atoms with Crippen LogP contribution in [0.1, 0.15) is 26.2 Å². The highest BCUT2D eigenvalue weighted by Gasteiger charge is 2.36. The monoisotopic (exact) mass is 181 g/mol. The van der Waals surface area contributed by atoms with Gasteiger partial charge in [0.15, 0.2) is 0 Å². The van der Waals surface area contributed by atoms with Crippen molar-refractivity contribution in [2.24, 2.45) is 0 Å². The lowest BCUT2D eigenvalue weighted by Gasteiger charge is -2.33. The summed E-state index contributed by atoms with van der Waals surface area (Å²) in [6, 6.07) is 0.607. The van der Waals surface area contributed by atoms with E-state index in [0.29, 0.717) is 18.7 Å². The third kappa shape index (κ3) is 1.43. The summed E-state index contributed by atoms with van der Waals surface area (Å²) in [6.07, 6.45) is 7.51. The minimum atomic E-state index is -0.151. The van der Waals surface area contributed by atoms with Crippen molar-refractivity contribution in [3.8, 4) is 0 Å². The Hall–Kier alpha value is -0.990. The highest BCUT2D eigenvalue weighted by atomic mass is 16.6. The molecular formula is C10H15NO2. The molecule has 0 saturated carbocycles. The van der Waals surface area contributed by atoms with Crippen LogP contribution in [0.15, 0.2) is 12.2 Å². The summed E-state index contributed by atoms with van der Waals surface area (Å²) in [5.41, 5.74) is 0. The van der Waals surface area contributed by atoms with Crippen LogP contribution in [0.2, 0.25) is 0 Å². The minimum Gasteiger partial charge on any atom is -0.450 e. The van der Waals surface area contributed by atoms with Crippen LogP contribution in [0.5, 0.6) is 0 Å². The molecule has 0 radical (unpaired) electrons. The summed E-state index contributed by atoms with van der Waals surface area (Å²) in [5.74, 6) is 0. The third-order valence-electron chi connectivity index (χ3n) is 2.75. The molecule has 3 nitrogen and oxygen atoms in total. The van der Waals surface area contributed by atoms with E-state index in [0.717, 1.165) is 12.8 Å². The second-order valence-electron chi connectivity index (χ2n) is 3.56. The fraction of sp³-hybridized carbons (Fsp3) is 0.700. The average molecular weight is 181 g/mol. The van der Waals surface area contributed by atoms with E-state index in [9.17, 15) is 4.79 Å². The van der Waals surface area contributed by atoms with Crippen molar-refractivity contribution in [1.29, 1.82) is 0 Å². The molecule has 2 bridgehead atoms. The molecule has 2 atom stereocenters. The molecule has 0 N–H and O–H groups in total. The minimum absolute atomic E-state index is 0.151. The molecular weight excluding hydrogens is 166 g/mol. The quantitative estimate of drug-likeness (QED) is 0.578. The zero-order chi connectivity index (χ0) is 9.26. The molecule has 2 aliphatic heterocycles. The Morgan fingerprint density at radius 1 is 1.46 bits per heavy atom. The molecule has 2 heterocycles. The molecule has 13 heavy (non-hydrogen) atoms. The van der Waals surface area contributed by atoms with Crippen molar-refractivity contribution in [1.82, 2.24) is 4.90 Å². The van der Waals surface area contributed by atoms with Gasteiger partial charge in [-0.15, -0.1) is 0 Å². The van der Waals surface area contributed by atoms with Crippen molar-refractivity contribution in [3.63, 3.8) is 0 Å². The van der Waals surface area contributed by atoms with Crippen LogP contribution < -0.4 is 0 Å². The van der Waals surface area contributed by atoms with E-state index < -0.39 is 0 Å². The summed E-state index contributed by atoms with van der Waals surface area (Å²) in [4.78, 5) is 13.4. The Labute approximate surface area is 78.4 Å². The first kappa shape index (κ1) is 8.60. The maximum atomic E-state index is 11.5. The van der Waals surface area contributed by atoms with Gasteiger partial charge in [-0.3, -0.25) is 4.90 Å². The Kier molecular flexibility index (Phi) is 2.25. The van der Waals surface area contributed by atoms with Gasteiger partial charge in [-0.25, -0.2) is 4.79 Å². The number of fused-ring (bicyclic) bond motifs is 2. The van der Waals surface area contributed by atoms with E-state index in [1.807, 2.05) is 11.8 Å². The van der Waals surface area contributed by atoms with Gasteiger partial charge in [0.2, 0.25) is 0 Å². The van der Waals surface area contributed by atoms with E-state index in [-0.39, 0.29) is 6.09 Å². The third-order valence-corrected chi connectivity index (χ3v) is 2.75. The van der Waals surface area contributed by atoms with Gasteiger partial charge in [0.1, 0.15) is 0 Å². The van der Waals surface area contributed by atoms with Gasteiger partial charge in [0, 0.05) is 0 Å². The van der Waals surface area contributed by atoms with Crippen molar-refractivity contribution in [3.05, 3.63) is 12.2 Å². The van der Waals surface area contributed by atoms with Crippen LogP contribution in [-0.4, -0.2) is 29.7 Å². The predicted molar refractivity (Wildman–Crippen MR) is 49.4 cm³/mol. The normalized spacial score (nSPS) is 30.7. The Bertz CT molecular complexity index is 223. The molecule has 2 aliphatic rings. The van der Waals surface area contributed by atoms with Gasteiger partial charge in [-0.1, -0.05) is 12.2 Å². The van der Waals surface area contributed by atoms with Crippen LogP contribution in [0.25, 0.3) is 0 Å². The molecule has 3 heteroatoms. The molecule has 0 aromatic heterocycles. The number of carbonyl (C=O) groups excluding carboxylic acids is 1. The first-order chi connectivity index (χ1) is 6.33. The first-order valence-corrected chi connectivity index (χ1v) is 4.96. The molecule has 1 amide bonds. The smallest absolute Gasteiger partial charge is 0.410 e. The number of hydrogen-bond acceptors (Lipinski definition) is 2. The van der Waals surface area contributed by atoms with Crippen molar-refractivity contribution < 1.29 is 9.53 Å². The highest BCUT2D eigenvalue weighted by molar-refractivity contribution is 5.70. The van der Waals surface area contributed by atoms with E-state index in [2.05, 4.69) is 12.2 Å². The van der Waals surface area contributed by atoms with E-state index in [1.165, 1.54) is 6.42 Å². The zero-order valence-electron chi connectivity index (χ0n) is 7.90. The second-order valence-corrected chi connectivity index (χ2v) is 3.56. The van der Waals surface area contributed by atoms with Gasteiger partial charge in [0.25, 0.3) is 0 Å². The topological polar surface area (TPSA) is 29.5 Å². The van der Waals surface area contributed by atoms with Crippen LogP contribution in [0.4, 0.5) is 4.79 Å². The number of rotatable bonds is 1. The first-order valence-electron chi connectivity index (χ1n) is 4.96. The van der Waals surface area contributed by atoms with Gasteiger partial charge >= 0.3 is 6.09 Å². The Morgan fingerprint density at radius 2 is 2.08 bits per heavy atom. The van der Waals surface area contributed by atoms with Crippen LogP contribution >= 0.6 is 0 Å². The number of carbonyl (C=O) groups is 1. The Morgan fingerprint density at radius 3 is 2.62 bits per heavy atom. The maximum absolute atomic E-state index is 11.5. The zero-order valence-corrected chi connectivity index (χ0v) is 7.90. The lowest BCUT2D eigenvalue weighted by molar-refractivity contribution is 0.0789. The van der Waals surface area contributed by atoms with Crippen molar-refractivity contribution in [2.75, 3.05) is 6.61 Å². The number of nitrogens with zero attached hydrogens (tertiary/aromatic N) is 1. The van der Waals surface area contributed by atoms with E-state index >= 15 is 0 Å². The van der Waals surface area contributed by atoms with Gasteiger partial charge in [-0.05, 0) is 26.2 Å². The van der Waals surface area contributed by atoms with Crippen LogP contribution in [-0.2, 0) is 4.74 Å². The van der Waals surface area contributed by atoms with Gasteiger partial charge in [-0.2, -0.15) is 0 Å². The van der Waals surface area contributed by atoms with E-state index in [1.54, 1.807) is 0 Å². The molecule has 1 fully saturated rings. The number of amides is 1. The fourth-order valence-corrected chi connectivity index (χ4v) is 2.16. The molecule has 0 spiro atoms. The average Bonchev–Trinajstić information content (AvgIpc) is 2.37. The predicted octanol–water partition coefficient (Wildman–Crippen LogP) is 1.94. The van der Waals surface area contributed by atoms with Crippen LogP contribution in [0, 0.1) is 0 Å². The number of ether oxygens (including phenoxy) is 1. The summed E-state index contributed by atoms with van der Waals surface area (Å²) < 4.78 is 5.01. The van der Waals surface area contributed by atoms with Crippen molar-refractivity contribution >= 4 is 6.09 Å². The van der Waals surface area contributed by atoms with Crippen LogP contribution in [0.3, 0.4) is 0 Å². The Balaban J connectivity index is 2.04. The lowest BCUT2D eigenvalue weighted by atomic mass is 10.0. The molecule has 1 saturated heterocycles. The summed E-state index contributed by atoms with van der Waals surface area (Å²) >= 11 is 0. The molecule has 0 aliphatic carbocycles. The number of piperidine rings is 1. The summed E-state index contributed by atoms with van der Waals surface area (Å²) in [7, 11) is 0. The molecule has 2 rings (SSSR count). The molecule has 0 aromatic rings. The van der Waals surface area contributed by atoms with E-state index in [4.69, 9.17) is 4.74 Å². The molecule has 2 unspecified atom stereocenters. The summed E-state index contributed by atoms with van der Waals surface area (Å²) in [6.45, 7) is 2.31. The SMILES string of the molecule is CCOC(=O)N1C2C=CC1CCC2. The second kappa shape index (κ2) is 3.40. The maximum Gasteiger partial charge on any atom is 0.410 e. The van der Waals surface area contributed by atoms with Gasteiger partial charge < -0.3 is 4.74 Å². The number of hydrogen-bond donors (Lipinski definition) is 0.